The van der Waals surface area contributed by atoms with Crippen molar-refractivity contribution in [2.45, 2.75) is 18.6 Å². The fourth-order valence-corrected chi connectivity index (χ4v) is 1.80. The predicted octanol–water partition coefficient (Wildman–Crippen LogP) is 1.96. The summed E-state index contributed by atoms with van der Waals surface area (Å²) in [5.41, 5.74) is 1.07. The van der Waals surface area contributed by atoms with Gasteiger partial charge >= 0.3 is 0 Å². The molecule has 0 amide bonds. The maximum atomic E-state index is 4.36. The summed E-state index contributed by atoms with van der Waals surface area (Å²) in [5.74, 6) is 2.28. The minimum atomic E-state index is 0.579. The first kappa shape index (κ1) is 7.10. The summed E-state index contributed by atoms with van der Waals surface area (Å²) >= 11 is 1.94. The summed E-state index contributed by atoms with van der Waals surface area (Å²) in [4.78, 5) is 8.59. The highest BCUT2D eigenvalue weighted by atomic mass is 32.2. The number of aromatic nitrogens is 2. The third kappa shape index (κ3) is 1.38. The standard InChI is InChI=1S/C8H10N2S/c1-6-2-4-9-8(10-6)7-3-5-11-7/h2,4,7H,3,5H2,1H3. The Morgan fingerprint density at radius 2 is 2.45 bits per heavy atom. The average Bonchev–Trinajstić information content (AvgIpc) is 1.83. The van der Waals surface area contributed by atoms with E-state index in [0.717, 1.165) is 11.5 Å². The van der Waals surface area contributed by atoms with Crippen molar-refractivity contribution in [3.63, 3.8) is 0 Å². The monoisotopic (exact) mass is 166 g/mol. The molecule has 2 heterocycles. The van der Waals surface area contributed by atoms with Gasteiger partial charge < -0.3 is 0 Å². The highest BCUT2D eigenvalue weighted by Crippen LogP contribution is 2.40. The fraction of sp³-hybridized carbons (Fsp3) is 0.500. The molecule has 1 aromatic heterocycles. The lowest BCUT2D eigenvalue weighted by molar-refractivity contribution is 0.771. The molecule has 1 atom stereocenters. The number of thioether (sulfide) groups is 1. The van der Waals surface area contributed by atoms with E-state index < -0.39 is 0 Å². The normalized spacial score (nSPS) is 22.8. The number of hydrogen-bond acceptors (Lipinski definition) is 3. The highest BCUT2D eigenvalue weighted by molar-refractivity contribution is 8.00. The Bertz CT molecular complexity index is 258. The van der Waals surface area contributed by atoms with Crippen LogP contribution < -0.4 is 0 Å². The second-order valence-electron chi connectivity index (χ2n) is 2.70. The van der Waals surface area contributed by atoms with Crippen molar-refractivity contribution >= 4 is 11.8 Å². The lowest BCUT2D eigenvalue weighted by Crippen LogP contribution is -2.10. The fourth-order valence-electron chi connectivity index (χ4n) is 1.06. The summed E-state index contributed by atoms with van der Waals surface area (Å²) in [6, 6.07) is 1.94. The summed E-state index contributed by atoms with van der Waals surface area (Å²) in [6.07, 6.45) is 3.09. The van der Waals surface area contributed by atoms with Crippen LogP contribution in [0.25, 0.3) is 0 Å². The molecule has 0 spiro atoms. The van der Waals surface area contributed by atoms with Gasteiger partial charge in [-0.05, 0) is 25.2 Å². The van der Waals surface area contributed by atoms with Crippen molar-refractivity contribution in [3.05, 3.63) is 23.8 Å². The predicted molar refractivity (Wildman–Crippen MR) is 46.6 cm³/mol. The molecule has 0 saturated carbocycles. The first-order chi connectivity index (χ1) is 5.36. The molecule has 1 fully saturated rings. The number of nitrogens with zero attached hydrogens (tertiary/aromatic N) is 2. The van der Waals surface area contributed by atoms with Crippen LogP contribution in [0.1, 0.15) is 23.2 Å². The number of rotatable bonds is 1. The van der Waals surface area contributed by atoms with Gasteiger partial charge in [-0.2, -0.15) is 11.8 Å². The molecule has 1 aliphatic heterocycles. The zero-order chi connectivity index (χ0) is 7.68. The molecular formula is C8H10N2S. The molecule has 1 aromatic rings. The van der Waals surface area contributed by atoms with Crippen LogP contribution >= 0.6 is 11.8 Å². The van der Waals surface area contributed by atoms with Crippen molar-refractivity contribution in [2.75, 3.05) is 5.75 Å². The minimum Gasteiger partial charge on any atom is -0.240 e. The molecule has 58 valence electrons. The van der Waals surface area contributed by atoms with Crippen LogP contribution in [0.3, 0.4) is 0 Å². The van der Waals surface area contributed by atoms with Crippen LogP contribution in [-0.4, -0.2) is 15.7 Å². The molecule has 0 radical (unpaired) electrons. The summed E-state index contributed by atoms with van der Waals surface area (Å²) < 4.78 is 0. The molecule has 2 rings (SSSR count). The zero-order valence-corrected chi connectivity index (χ0v) is 7.27. The van der Waals surface area contributed by atoms with Crippen molar-refractivity contribution < 1.29 is 0 Å². The number of aryl methyl sites for hydroxylation is 1. The molecule has 0 N–H and O–H groups in total. The van der Waals surface area contributed by atoms with Gasteiger partial charge in [0.25, 0.3) is 0 Å². The molecule has 1 aliphatic rings. The average molecular weight is 166 g/mol. The van der Waals surface area contributed by atoms with Gasteiger partial charge in [0.15, 0.2) is 0 Å². The Labute approximate surface area is 70.4 Å². The second kappa shape index (κ2) is 2.81. The van der Waals surface area contributed by atoms with Gasteiger partial charge in [-0.15, -0.1) is 0 Å². The largest absolute Gasteiger partial charge is 0.240 e. The number of hydrogen-bond donors (Lipinski definition) is 0. The van der Waals surface area contributed by atoms with E-state index >= 15 is 0 Å². The highest BCUT2D eigenvalue weighted by Gasteiger charge is 2.22. The second-order valence-corrected chi connectivity index (χ2v) is 4.01. The van der Waals surface area contributed by atoms with E-state index in [9.17, 15) is 0 Å². The van der Waals surface area contributed by atoms with Crippen LogP contribution in [0.15, 0.2) is 12.3 Å². The van der Waals surface area contributed by atoms with Crippen molar-refractivity contribution in [2.24, 2.45) is 0 Å². The van der Waals surface area contributed by atoms with Crippen molar-refractivity contribution in [3.8, 4) is 0 Å². The van der Waals surface area contributed by atoms with E-state index in [0.29, 0.717) is 5.25 Å². The van der Waals surface area contributed by atoms with E-state index in [1.165, 1.54) is 12.2 Å². The minimum absolute atomic E-state index is 0.579. The third-order valence-electron chi connectivity index (χ3n) is 1.80. The maximum Gasteiger partial charge on any atom is 0.141 e. The van der Waals surface area contributed by atoms with Gasteiger partial charge in [0.1, 0.15) is 5.82 Å². The Hall–Kier alpha value is -0.570. The van der Waals surface area contributed by atoms with Crippen LogP contribution in [0.4, 0.5) is 0 Å². The Morgan fingerprint density at radius 3 is 3.00 bits per heavy atom. The van der Waals surface area contributed by atoms with Gasteiger partial charge in [0.05, 0.1) is 5.25 Å². The zero-order valence-electron chi connectivity index (χ0n) is 6.45. The smallest absolute Gasteiger partial charge is 0.141 e. The van der Waals surface area contributed by atoms with Crippen LogP contribution in [-0.2, 0) is 0 Å². The summed E-state index contributed by atoms with van der Waals surface area (Å²) in [6.45, 7) is 2.01. The molecule has 0 aliphatic carbocycles. The van der Waals surface area contributed by atoms with Gasteiger partial charge in [0, 0.05) is 11.9 Å². The van der Waals surface area contributed by atoms with Crippen molar-refractivity contribution in [1.82, 2.24) is 9.97 Å². The molecule has 3 heteroatoms. The quantitative estimate of drug-likeness (QED) is 0.638. The molecule has 0 bridgehead atoms. The molecule has 1 saturated heterocycles. The Kier molecular flexibility index (Phi) is 1.82. The lowest BCUT2D eigenvalue weighted by Gasteiger charge is -2.22. The van der Waals surface area contributed by atoms with E-state index in [1.807, 2.05) is 30.9 Å². The topological polar surface area (TPSA) is 25.8 Å². The van der Waals surface area contributed by atoms with Gasteiger partial charge in [-0.25, -0.2) is 9.97 Å². The van der Waals surface area contributed by atoms with Crippen LogP contribution in [0.2, 0.25) is 0 Å². The molecule has 1 unspecified atom stereocenters. The SMILES string of the molecule is Cc1ccnc(C2CCS2)n1. The van der Waals surface area contributed by atoms with Crippen LogP contribution in [0, 0.1) is 6.92 Å². The van der Waals surface area contributed by atoms with E-state index in [2.05, 4.69) is 9.97 Å². The third-order valence-corrected chi connectivity index (χ3v) is 3.12. The molecule has 0 aromatic carbocycles. The molecule has 11 heavy (non-hydrogen) atoms. The van der Waals surface area contributed by atoms with Crippen molar-refractivity contribution in [1.29, 1.82) is 0 Å². The summed E-state index contributed by atoms with van der Waals surface area (Å²) in [5, 5.41) is 0.579. The summed E-state index contributed by atoms with van der Waals surface area (Å²) in [7, 11) is 0. The molecular weight excluding hydrogens is 156 g/mol. The van der Waals surface area contributed by atoms with E-state index in [1.54, 1.807) is 0 Å². The molecule has 2 nitrogen and oxygen atoms in total. The van der Waals surface area contributed by atoms with E-state index in [-0.39, 0.29) is 0 Å². The Morgan fingerprint density at radius 1 is 1.64 bits per heavy atom. The lowest BCUT2D eigenvalue weighted by atomic mass is 10.3. The first-order valence-corrected chi connectivity index (χ1v) is 4.82. The van der Waals surface area contributed by atoms with Gasteiger partial charge in [-0.3, -0.25) is 0 Å². The maximum absolute atomic E-state index is 4.36. The van der Waals surface area contributed by atoms with Crippen LogP contribution in [0.5, 0.6) is 0 Å². The van der Waals surface area contributed by atoms with Gasteiger partial charge in [-0.1, -0.05) is 0 Å². The Balaban J connectivity index is 2.23. The first-order valence-electron chi connectivity index (χ1n) is 3.77. The van der Waals surface area contributed by atoms with Gasteiger partial charge in [0.2, 0.25) is 0 Å². The van der Waals surface area contributed by atoms with E-state index in [4.69, 9.17) is 0 Å².